The van der Waals surface area contributed by atoms with Gasteiger partial charge in [-0.15, -0.1) is 12.4 Å². The molecule has 1 amide bonds. The van der Waals surface area contributed by atoms with Crippen molar-refractivity contribution >= 4 is 28.3 Å². The number of hydrogen-bond donors (Lipinski definition) is 3. The van der Waals surface area contributed by atoms with Crippen LogP contribution in [0.5, 0.6) is 0 Å². The molecule has 4 N–H and O–H groups in total. The largest absolute Gasteiger partial charge is 0.353 e. The number of nitrogens with two attached hydrogens (primary N) is 1. The van der Waals surface area contributed by atoms with Crippen LogP contribution in [0.15, 0.2) is 29.2 Å². The summed E-state index contributed by atoms with van der Waals surface area (Å²) in [7, 11) is -3.95. The highest BCUT2D eigenvalue weighted by Crippen LogP contribution is 2.24. The predicted molar refractivity (Wildman–Crippen MR) is 91.8 cm³/mol. The molecule has 0 saturated heterocycles. The van der Waals surface area contributed by atoms with Crippen LogP contribution in [0.3, 0.4) is 0 Å². The van der Waals surface area contributed by atoms with Crippen LogP contribution in [0, 0.1) is 11.7 Å². The summed E-state index contributed by atoms with van der Waals surface area (Å²) in [5.41, 5.74) is 5.66. The number of carbonyl (C=O) groups excluding carboxylic acids is 1. The van der Waals surface area contributed by atoms with E-state index in [2.05, 4.69) is 10.0 Å². The minimum absolute atomic E-state index is 0. The Balaban J connectivity index is 0.00000288. The smallest absolute Gasteiger partial charge is 0.243 e. The van der Waals surface area contributed by atoms with Gasteiger partial charge in [0.05, 0.1) is 0 Å². The van der Waals surface area contributed by atoms with Crippen molar-refractivity contribution in [2.75, 3.05) is 13.1 Å². The first-order valence-electron chi connectivity index (χ1n) is 7.67. The van der Waals surface area contributed by atoms with Crippen molar-refractivity contribution in [2.24, 2.45) is 11.7 Å². The van der Waals surface area contributed by atoms with E-state index in [4.69, 9.17) is 5.73 Å². The fraction of sp³-hybridized carbons (Fsp3) is 0.533. The van der Waals surface area contributed by atoms with Gasteiger partial charge in [0.25, 0.3) is 0 Å². The van der Waals surface area contributed by atoms with Crippen molar-refractivity contribution in [3.63, 3.8) is 0 Å². The van der Waals surface area contributed by atoms with Crippen LogP contribution in [0.2, 0.25) is 0 Å². The average Bonchev–Trinajstić information content (AvgIpc) is 2.94. The van der Waals surface area contributed by atoms with Crippen LogP contribution >= 0.6 is 12.4 Å². The average molecular weight is 380 g/mol. The van der Waals surface area contributed by atoms with Gasteiger partial charge in [0.1, 0.15) is 10.7 Å². The lowest BCUT2D eigenvalue weighted by Gasteiger charge is -2.19. The Labute approximate surface area is 147 Å². The third-order valence-electron chi connectivity index (χ3n) is 4.08. The molecule has 2 rings (SSSR count). The van der Waals surface area contributed by atoms with Gasteiger partial charge in [-0.3, -0.25) is 4.79 Å². The van der Waals surface area contributed by atoms with Gasteiger partial charge >= 0.3 is 0 Å². The van der Waals surface area contributed by atoms with Gasteiger partial charge in [0, 0.05) is 19.0 Å². The zero-order chi connectivity index (χ0) is 16.9. The number of rotatable bonds is 7. The van der Waals surface area contributed by atoms with E-state index in [9.17, 15) is 17.6 Å². The third kappa shape index (κ3) is 5.41. The standard InChI is InChI=1S/C15H22FN3O3S.ClH/c16-12-5-1-2-7-14(12)23(21,22)18-9-8-15(20)19-13-6-3-4-11(13)10-17;/h1-2,5,7,11,13,18H,3-4,6,8-10,17H2,(H,19,20);1H. The zero-order valence-electron chi connectivity index (χ0n) is 13.2. The van der Waals surface area contributed by atoms with E-state index in [0.29, 0.717) is 6.54 Å². The van der Waals surface area contributed by atoms with Gasteiger partial charge < -0.3 is 11.1 Å². The number of hydrogen-bond acceptors (Lipinski definition) is 4. The van der Waals surface area contributed by atoms with E-state index in [-0.39, 0.29) is 43.2 Å². The Kier molecular flexibility index (Phi) is 8.08. The number of benzene rings is 1. The first-order valence-corrected chi connectivity index (χ1v) is 9.16. The molecule has 1 aliphatic carbocycles. The Morgan fingerprint density at radius 1 is 1.29 bits per heavy atom. The SMILES string of the molecule is Cl.NCC1CCCC1NC(=O)CCNS(=O)(=O)c1ccccc1F. The molecule has 1 aliphatic rings. The fourth-order valence-corrected chi connectivity index (χ4v) is 3.94. The summed E-state index contributed by atoms with van der Waals surface area (Å²) in [5.74, 6) is -0.762. The van der Waals surface area contributed by atoms with Crippen LogP contribution in [0.25, 0.3) is 0 Å². The van der Waals surface area contributed by atoms with Gasteiger partial charge in [-0.25, -0.2) is 17.5 Å². The van der Waals surface area contributed by atoms with Crippen LogP contribution in [0.1, 0.15) is 25.7 Å². The third-order valence-corrected chi connectivity index (χ3v) is 5.57. The lowest BCUT2D eigenvalue weighted by atomic mass is 10.0. The molecule has 0 aromatic heterocycles. The molecule has 6 nitrogen and oxygen atoms in total. The molecule has 9 heteroatoms. The van der Waals surface area contributed by atoms with Gasteiger partial charge in [-0.1, -0.05) is 18.6 Å². The molecule has 0 aliphatic heterocycles. The molecule has 0 spiro atoms. The van der Waals surface area contributed by atoms with E-state index in [1.54, 1.807) is 0 Å². The first kappa shape index (κ1) is 20.8. The summed E-state index contributed by atoms with van der Waals surface area (Å²) in [5, 5.41) is 2.89. The quantitative estimate of drug-likeness (QED) is 0.661. The van der Waals surface area contributed by atoms with Gasteiger partial charge in [-0.05, 0) is 37.4 Å². The molecule has 136 valence electrons. The maximum absolute atomic E-state index is 13.5. The van der Waals surface area contributed by atoms with Crippen LogP contribution in [0.4, 0.5) is 4.39 Å². The molecule has 0 bridgehead atoms. The van der Waals surface area contributed by atoms with E-state index >= 15 is 0 Å². The number of carbonyl (C=O) groups is 1. The Bertz CT molecular complexity index is 657. The van der Waals surface area contributed by atoms with Crippen molar-refractivity contribution in [1.29, 1.82) is 0 Å². The molecule has 1 aromatic rings. The summed E-state index contributed by atoms with van der Waals surface area (Å²) in [6.45, 7) is 0.452. The van der Waals surface area contributed by atoms with Crippen molar-refractivity contribution in [2.45, 2.75) is 36.6 Å². The minimum atomic E-state index is -3.95. The van der Waals surface area contributed by atoms with Crippen LogP contribution in [-0.2, 0) is 14.8 Å². The van der Waals surface area contributed by atoms with Gasteiger partial charge in [-0.2, -0.15) is 0 Å². The fourth-order valence-electron chi connectivity index (χ4n) is 2.83. The predicted octanol–water partition coefficient (Wildman–Crippen LogP) is 1.16. The molecule has 2 unspecified atom stereocenters. The summed E-state index contributed by atoms with van der Waals surface area (Å²) in [6.07, 6.45) is 2.93. The number of sulfonamides is 1. The van der Waals surface area contributed by atoms with Crippen molar-refractivity contribution < 1.29 is 17.6 Å². The lowest BCUT2D eigenvalue weighted by Crippen LogP contribution is -2.41. The Hall–Kier alpha value is -1.22. The van der Waals surface area contributed by atoms with E-state index in [0.717, 1.165) is 25.3 Å². The minimum Gasteiger partial charge on any atom is -0.353 e. The second kappa shape index (κ2) is 9.31. The monoisotopic (exact) mass is 379 g/mol. The maximum Gasteiger partial charge on any atom is 0.243 e. The second-order valence-electron chi connectivity index (χ2n) is 5.68. The molecular weight excluding hydrogens is 357 g/mol. The van der Waals surface area contributed by atoms with Gasteiger partial charge in [0.2, 0.25) is 15.9 Å². The highest BCUT2D eigenvalue weighted by molar-refractivity contribution is 7.89. The van der Waals surface area contributed by atoms with E-state index < -0.39 is 20.7 Å². The number of amides is 1. The molecular formula is C15H23ClFN3O3S. The zero-order valence-corrected chi connectivity index (χ0v) is 14.8. The summed E-state index contributed by atoms with van der Waals surface area (Å²) >= 11 is 0. The molecule has 1 saturated carbocycles. The van der Waals surface area contributed by atoms with Crippen molar-refractivity contribution in [3.05, 3.63) is 30.1 Å². The number of nitrogens with one attached hydrogen (secondary N) is 2. The highest BCUT2D eigenvalue weighted by Gasteiger charge is 2.27. The van der Waals surface area contributed by atoms with E-state index in [1.807, 2.05) is 0 Å². The molecule has 1 fully saturated rings. The molecule has 1 aromatic carbocycles. The van der Waals surface area contributed by atoms with Crippen LogP contribution < -0.4 is 15.8 Å². The number of halogens is 2. The molecule has 0 radical (unpaired) electrons. The topological polar surface area (TPSA) is 101 Å². The van der Waals surface area contributed by atoms with Crippen molar-refractivity contribution in [3.8, 4) is 0 Å². The second-order valence-corrected chi connectivity index (χ2v) is 7.41. The first-order chi connectivity index (χ1) is 10.9. The van der Waals surface area contributed by atoms with E-state index in [1.165, 1.54) is 18.2 Å². The Morgan fingerprint density at radius 2 is 2.00 bits per heavy atom. The molecule has 0 heterocycles. The van der Waals surface area contributed by atoms with Gasteiger partial charge in [0.15, 0.2) is 0 Å². The lowest BCUT2D eigenvalue weighted by molar-refractivity contribution is -0.121. The maximum atomic E-state index is 13.5. The summed E-state index contributed by atoms with van der Waals surface area (Å²) < 4.78 is 39.7. The van der Waals surface area contributed by atoms with Crippen molar-refractivity contribution in [1.82, 2.24) is 10.0 Å². The highest BCUT2D eigenvalue weighted by atomic mass is 35.5. The molecule has 2 atom stereocenters. The molecule has 24 heavy (non-hydrogen) atoms. The summed E-state index contributed by atoms with van der Waals surface area (Å²) in [6, 6.07) is 5.18. The normalized spacial score (nSPS) is 20.4. The van der Waals surface area contributed by atoms with Crippen LogP contribution in [-0.4, -0.2) is 33.5 Å². The Morgan fingerprint density at radius 3 is 2.67 bits per heavy atom. The summed E-state index contributed by atoms with van der Waals surface area (Å²) in [4.78, 5) is 11.5.